The second-order valence-corrected chi connectivity index (χ2v) is 6.47. The lowest BCUT2D eigenvalue weighted by Crippen LogP contribution is -2.22. The van der Waals surface area contributed by atoms with Crippen LogP contribution in [0.15, 0.2) is 71.9 Å². The van der Waals surface area contributed by atoms with E-state index >= 15 is 0 Å². The van der Waals surface area contributed by atoms with Crippen molar-refractivity contribution in [2.45, 2.75) is 11.8 Å². The van der Waals surface area contributed by atoms with Gasteiger partial charge in [0.1, 0.15) is 0 Å². The average molecular weight is 338 g/mol. The van der Waals surface area contributed by atoms with E-state index in [1.165, 1.54) is 9.69 Å². The third kappa shape index (κ3) is 4.23. The molecule has 0 aliphatic carbocycles. The molecule has 122 valence electrons. The van der Waals surface area contributed by atoms with Crippen LogP contribution >= 0.6 is 11.8 Å². The highest BCUT2D eigenvalue weighted by molar-refractivity contribution is 7.99. The van der Waals surface area contributed by atoms with Gasteiger partial charge in [0.15, 0.2) is 0 Å². The Morgan fingerprint density at radius 2 is 1.75 bits per heavy atom. The second-order valence-electron chi connectivity index (χ2n) is 5.38. The zero-order chi connectivity index (χ0) is 16.8. The third-order valence-electron chi connectivity index (χ3n) is 3.48. The van der Waals surface area contributed by atoms with Gasteiger partial charge in [0.05, 0.1) is 18.1 Å². The molecule has 0 bridgehead atoms. The van der Waals surface area contributed by atoms with E-state index in [9.17, 15) is 4.79 Å². The number of anilines is 1. The van der Waals surface area contributed by atoms with Crippen molar-refractivity contribution in [3.05, 3.63) is 67.0 Å². The number of aromatic nitrogens is 3. The molecular weight excluding hydrogens is 320 g/mol. The van der Waals surface area contributed by atoms with E-state index in [1.54, 1.807) is 24.2 Å². The van der Waals surface area contributed by atoms with Crippen LogP contribution in [0.4, 0.5) is 5.69 Å². The first-order chi connectivity index (χ1) is 11.7. The number of thioether (sulfide) groups is 1. The molecule has 0 aliphatic rings. The van der Waals surface area contributed by atoms with E-state index in [1.807, 2.05) is 49.4 Å². The topological polar surface area (TPSA) is 59.8 Å². The molecule has 1 N–H and O–H groups in total. The number of amides is 1. The van der Waals surface area contributed by atoms with Crippen molar-refractivity contribution >= 4 is 23.4 Å². The first kappa shape index (κ1) is 16.3. The summed E-state index contributed by atoms with van der Waals surface area (Å²) in [4.78, 5) is 15.0. The molecule has 1 amide bonds. The summed E-state index contributed by atoms with van der Waals surface area (Å²) >= 11 is 1.69. The fourth-order valence-corrected chi connectivity index (χ4v) is 3.05. The van der Waals surface area contributed by atoms with Crippen LogP contribution in [0.1, 0.15) is 6.92 Å². The fourth-order valence-electron chi connectivity index (χ4n) is 2.11. The average Bonchev–Trinajstić information content (AvgIpc) is 3.16. The molecule has 3 aromatic rings. The maximum Gasteiger partial charge on any atom is 0.228 e. The quantitative estimate of drug-likeness (QED) is 0.697. The van der Waals surface area contributed by atoms with Crippen molar-refractivity contribution in [1.82, 2.24) is 15.0 Å². The Hall–Kier alpha value is -2.60. The third-order valence-corrected chi connectivity index (χ3v) is 4.75. The number of carbonyl (C=O) groups excluding carboxylic acids is 1. The summed E-state index contributed by atoms with van der Waals surface area (Å²) in [5.41, 5.74) is 1.62. The van der Waals surface area contributed by atoms with Crippen molar-refractivity contribution in [3.8, 4) is 5.69 Å². The van der Waals surface area contributed by atoms with Crippen LogP contribution in [0, 0.1) is 5.92 Å². The largest absolute Gasteiger partial charge is 0.326 e. The maximum atomic E-state index is 12.3. The Morgan fingerprint density at radius 3 is 2.42 bits per heavy atom. The highest BCUT2D eigenvalue weighted by Crippen LogP contribution is 2.21. The molecule has 3 rings (SSSR count). The molecule has 0 spiro atoms. The van der Waals surface area contributed by atoms with Gasteiger partial charge < -0.3 is 5.32 Å². The van der Waals surface area contributed by atoms with Crippen LogP contribution in [-0.2, 0) is 4.79 Å². The summed E-state index contributed by atoms with van der Waals surface area (Å²) in [6.45, 7) is 1.94. The van der Waals surface area contributed by atoms with E-state index in [2.05, 4.69) is 27.6 Å². The summed E-state index contributed by atoms with van der Waals surface area (Å²) in [6, 6.07) is 17.6. The minimum absolute atomic E-state index is 0.0170. The standard InChI is InChI=1S/C18H18N4OS/c1-14(13-24-17-5-3-2-4-6-17)18(23)21-15-7-9-16(10-8-15)22-19-11-12-20-22/h2-12,14H,13H2,1H3,(H,21,23). The molecule has 0 aliphatic heterocycles. The van der Waals surface area contributed by atoms with Crippen LogP contribution in [0.3, 0.4) is 0 Å². The number of nitrogens with one attached hydrogen (secondary N) is 1. The summed E-state index contributed by atoms with van der Waals surface area (Å²) in [5.74, 6) is 0.677. The van der Waals surface area contributed by atoms with Gasteiger partial charge in [0.2, 0.25) is 5.91 Å². The van der Waals surface area contributed by atoms with E-state index in [-0.39, 0.29) is 11.8 Å². The number of benzene rings is 2. The van der Waals surface area contributed by atoms with Crippen molar-refractivity contribution in [2.75, 3.05) is 11.1 Å². The molecule has 1 atom stereocenters. The van der Waals surface area contributed by atoms with Crippen molar-refractivity contribution in [2.24, 2.45) is 5.92 Å². The normalized spacial score (nSPS) is 11.9. The number of hydrogen-bond acceptors (Lipinski definition) is 4. The van der Waals surface area contributed by atoms with Crippen LogP contribution in [0.2, 0.25) is 0 Å². The Kier molecular flexibility index (Phi) is 5.28. The van der Waals surface area contributed by atoms with Gasteiger partial charge in [-0.25, -0.2) is 0 Å². The SMILES string of the molecule is CC(CSc1ccccc1)C(=O)Nc1ccc(-n2nccn2)cc1. The molecule has 0 saturated carbocycles. The summed E-state index contributed by atoms with van der Waals surface area (Å²) in [5, 5.41) is 11.1. The Morgan fingerprint density at radius 1 is 1.08 bits per heavy atom. The predicted molar refractivity (Wildman–Crippen MR) is 96.3 cm³/mol. The highest BCUT2D eigenvalue weighted by Gasteiger charge is 2.13. The molecule has 1 heterocycles. The lowest BCUT2D eigenvalue weighted by Gasteiger charge is -2.12. The van der Waals surface area contributed by atoms with E-state index in [0.717, 1.165) is 17.1 Å². The zero-order valence-corrected chi connectivity index (χ0v) is 14.1. The van der Waals surface area contributed by atoms with Gasteiger partial charge in [-0.3, -0.25) is 4.79 Å². The minimum Gasteiger partial charge on any atom is -0.326 e. The van der Waals surface area contributed by atoms with Gasteiger partial charge in [0.25, 0.3) is 0 Å². The van der Waals surface area contributed by atoms with Gasteiger partial charge in [-0.15, -0.1) is 11.8 Å². The van der Waals surface area contributed by atoms with E-state index < -0.39 is 0 Å². The van der Waals surface area contributed by atoms with Gasteiger partial charge in [-0.2, -0.15) is 15.0 Å². The molecule has 1 aromatic heterocycles. The molecule has 24 heavy (non-hydrogen) atoms. The molecule has 1 unspecified atom stereocenters. The summed E-state index contributed by atoms with van der Waals surface area (Å²) in [7, 11) is 0. The van der Waals surface area contributed by atoms with Crippen molar-refractivity contribution in [3.63, 3.8) is 0 Å². The predicted octanol–water partition coefficient (Wildman–Crippen LogP) is 3.63. The van der Waals surface area contributed by atoms with E-state index in [0.29, 0.717) is 0 Å². The minimum atomic E-state index is -0.0809. The smallest absolute Gasteiger partial charge is 0.228 e. The Balaban J connectivity index is 1.54. The Labute approximate surface area is 145 Å². The van der Waals surface area contributed by atoms with Gasteiger partial charge in [-0.05, 0) is 36.4 Å². The zero-order valence-electron chi connectivity index (χ0n) is 13.3. The monoisotopic (exact) mass is 338 g/mol. The number of hydrogen-bond donors (Lipinski definition) is 1. The fraction of sp³-hybridized carbons (Fsp3) is 0.167. The van der Waals surface area contributed by atoms with Crippen LogP contribution in [0.5, 0.6) is 0 Å². The molecule has 2 aromatic carbocycles. The molecule has 0 radical (unpaired) electrons. The van der Waals surface area contributed by atoms with E-state index in [4.69, 9.17) is 0 Å². The van der Waals surface area contributed by atoms with Crippen molar-refractivity contribution < 1.29 is 4.79 Å². The van der Waals surface area contributed by atoms with Gasteiger partial charge in [0, 0.05) is 22.3 Å². The molecular formula is C18H18N4OS. The molecule has 0 saturated heterocycles. The maximum absolute atomic E-state index is 12.3. The van der Waals surface area contributed by atoms with Crippen LogP contribution in [-0.4, -0.2) is 26.7 Å². The summed E-state index contributed by atoms with van der Waals surface area (Å²) in [6.07, 6.45) is 3.25. The molecule has 5 nitrogen and oxygen atoms in total. The van der Waals surface area contributed by atoms with Crippen LogP contribution in [0.25, 0.3) is 5.69 Å². The number of rotatable bonds is 6. The Bertz CT molecular complexity index is 773. The highest BCUT2D eigenvalue weighted by atomic mass is 32.2. The summed E-state index contributed by atoms with van der Waals surface area (Å²) < 4.78 is 0. The second kappa shape index (κ2) is 7.79. The number of carbonyl (C=O) groups is 1. The van der Waals surface area contributed by atoms with Crippen LogP contribution < -0.4 is 5.32 Å². The lowest BCUT2D eigenvalue weighted by molar-refractivity contribution is -0.118. The van der Waals surface area contributed by atoms with Crippen molar-refractivity contribution in [1.29, 1.82) is 0 Å². The first-order valence-electron chi connectivity index (χ1n) is 7.68. The molecule has 6 heteroatoms. The lowest BCUT2D eigenvalue weighted by atomic mass is 10.2. The first-order valence-corrected chi connectivity index (χ1v) is 8.66. The number of nitrogens with zero attached hydrogens (tertiary/aromatic N) is 3. The van der Waals surface area contributed by atoms with Gasteiger partial charge in [-0.1, -0.05) is 25.1 Å². The molecule has 0 fully saturated rings. The van der Waals surface area contributed by atoms with Gasteiger partial charge >= 0.3 is 0 Å².